The molecule has 0 spiro atoms. The van der Waals surface area contributed by atoms with Gasteiger partial charge in [-0.2, -0.15) is 11.3 Å². The first kappa shape index (κ1) is 17.7. The molecule has 2 rings (SSSR count). The van der Waals surface area contributed by atoms with Gasteiger partial charge in [0, 0.05) is 12.1 Å². The highest BCUT2D eigenvalue weighted by Gasteiger charge is 2.29. The summed E-state index contributed by atoms with van der Waals surface area (Å²) in [4.78, 5) is 24.0. The number of hydrogen-bond acceptors (Lipinski definition) is 4. The second-order valence-electron chi connectivity index (χ2n) is 6.35. The Morgan fingerprint density at radius 1 is 1.39 bits per heavy atom. The molecule has 0 aliphatic heterocycles. The third-order valence-electron chi connectivity index (χ3n) is 4.65. The monoisotopic (exact) mass is 335 g/mol. The lowest BCUT2D eigenvalue weighted by molar-refractivity contribution is -0.150. The number of ether oxygens (including phenoxy) is 1. The lowest BCUT2D eigenvalue weighted by atomic mass is 9.78. The van der Waals surface area contributed by atoms with Gasteiger partial charge in [-0.3, -0.25) is 4.79 Å². The summed E-state index contributed by atoms with van der Waals surface area (Å²) in [6.07, 6.45) is 5.61. The van der Waals surface area contributed by atoms with Gasteiger partial charge in [0.15, 0.2) is 6.10 Å². The van der Waals surface area contributed by atoms with Crippen molar-refractivity contribution >= 4 is 29.3 Å². The molecule has 0 bridgehead atoms. The van der Waals surface area contributed by atoms with Crippen LogP contribution in [-0.4, -0.2) is 24.0 Å². The van der Waals surface area contributed by atoms with Crippen LogP contribution in [-0.2, 0) is 14.3 Å². The molecule has 1 aliphatic rings. The first-order valence-electron chi connectivity index (χ1n) is 8.18. The van der Waals surface area contributed by atoms with Gasteiger partial charge in [-0.25, -0.2) is 4.79 Å². The summed E-state index contributed by atoms with van der Waals surface area (Å²) in [5.41, 5.74) is 0.953. The Morgan fingerprint density at radius 3 is 2.87 bits per heavy atom. The summed E-state index contributed by atoms with van der Waals surface area (Å²) < 4.78 is 5.18. The fraction of sp³-hybridized carbons (Fsp3) is 0.556. The molecular formula is C18H25NO3S. The van der Waals surface area contributed by atoms with Crippen LogP contribution in [0.3, 0.4) is 0 Å². The van der Waals surface area contributed by atoms with E-state index in [1.54, 1.807) is 24.3 Å². The third kappa shape index (κ3) is 5.20. The summed E-state index contributed by atoms with van der Waals surface area (Å²) in [6, 6.07) is 2.09. The fourth-order valence-corrected chi connectivity index (χ4v) is 3.52. The molecule has 23 heavy (non-hydrogen) atoms. The van der Waals surface area contributed by atoms with Gasteiger partial charge in [-0.1, -0.05) is 26.7 Å². The van der Waals surface area contributed by atoms with Gasteiger partial charge in [-0.05, 0) is 53.6 Å². The summed E-state index contributed by atoms with van der Waals surface area (Å²) in [5.74, 6) is 0.353. The number of amides is 1. The van der Waals surface area contributed by atoms with Crippen LogP contribution >= 0.6 is 11.3 Å². The maximum atomic E-state index is 12.2. The zero-order chi connectivity index (χ0) is 16.8. The second kappa shape index (κ2) is 8.29. The molecular weight excluding hydrogens is 310 g/mol. The Labute approximate surface area is 141 Å². The van der Waals surface area contributed by atoms with Crippen molar-refractivity contribution in [1.82, 2.24) is 5.32 Å². The minimum absolute atomic E-state index is 0.175. The lowest BCUT2D eigenvalue weighted by Gasteiger charge is -2.35. The number of carbonyl (C=O) groups is 2. The van der Waals surface area contributed by atoms with Crippen LogP contribution in [0.4, 0.5) is 0 Å². The minimum atomic E-state index is -0.779. The van der Waals surface area contributed by atoms with Gasteiger partial charge in [0.05, 0.1) is 0 Å². The number of rotatable bonds is 5. The zero-order valence-corrected chi connectivity index (χ0v) is 14.8. The van der Waals surface area contributed by atoms with Crippen molar-refractivity contribution in [2.45, 2.75) is 52.2 Å². The molecule has 1 N–H and O–H groups in total. The highest BCUT2D eigenvalue weighted by atomic mass is 32.1. The highest BCUT2D eigenvalue weighted by molar-refractivity contribution is 7.08. The van der Waals surface area contributed by atoms with Crippen LogP contribution in [0.15, 0.2) is 22.9 Å². The molecule has 1 aromatic heterocycles. The van der Waals surface area contributed by atoms with Crippen molar-refractivity contribution in [3.8, 4) is 0 Å². The molecule has 0 unspecified atom stereocenters. The predicted octanol–water partition coefficient (Wildman–Crippen LogP) is 3.63. The van der Waals surface area contributed by atoms with Gasteiger partial charge in [0.2, 0.25) is 0 Å². The summed E-state index contributed by atoms with van der Waals surface area (Å²) >= 11 is 1.56. The Balaban J connectivity index is 1.81. The van der Waals surface area contributed by atoms with E-state index >= 15 is 0 Å². The van der Waals surface area contributed by atoms with Crippen LogP contribution in [0.2, 0.25) is 0 Å². The Morgan fingerprint density at radius 2 is 2.17 bits per heavy atom. The van der Waals surface area contributed by atoms with Crippen LogP contribution < -0.4 is 5.32 Å². The molecule has 5 heteroatoms. The molecule has 0 radical (unpaired) electrons. The smallest absolute Gasteiger partial charge is 0.331 e. The van der Waals surface area contributed by atoms with Gasteiger partial charge in [0.1, 0.15) is 0 Å². The maximum Gasteiger partial charge on any atom is 0.331 e. The van der Waals surface area contributed by atoms with Crippen LogP contribution in [0.1, 0.15) is 45.6 Å². The molecule has 1 heterocycles. The number of thiophene rings is 1. The SMILES string of the molecule is C[C@@H]1[C@@H](C)CCC[C@H]1NC(=O)[C@@H](C)OC(=O)/C=C/c1ccsc1. The molecule has 0 aromatic carbocycles. The average Bonchev–Trinajstić information content (AvgIpc) is 3.03. The van der Waals surface area contributed by atoms with Gasteiger partial charge in [-0.15, -0.1) is 0 Å². The van der Waals surface area contributed by atoms with Crippen molar-refractivity contribution in [2.75, 3.05) is 0 Å². The first-order valence-corrected chi connectivity index (χ1v) is 9.13. The lowest BCUT2D eigenvalue weighted by Crippen LogP contribution is -2.47. The molecule has 1 aliphatic carbocycles. The third-order valence-corrected chi connectivity index (χ3v) is 5.35. The summed E-state index contributed by atoms with van der Waals surface area (Å²) in [5, 5.41) is 6.91. The quantitative estimate of drug-likeness (QED) is 0.660. The van der Waals surface area contributed by atoms with E-state index in [9.17, 15) is 9.59 Å². The van der Waals surface area contributed by atoms with Crippen LogP contribution in [0, 0.1) is 11.8 Å². The standard InChI is InChI=1S/C18H25NO3S/c1-12-5-4-6-16(13(12)2)19-18(21)14(3)22-17(20)8-7-15-9-10-23-11-15/h7-14,16H,4-6H2,1-3H3,(H,19,21)/b8-7+/t12-,13+,14+,16+/m0/s1. The fourth-order valence-electron chi connectivity index (χ4n) is 2.89. The molecule has 1 aromatic rings. The van der Waals surface area contributed by atoms with E-state index in [-0.39, 0.29) is 11.9 Å². The maximum absolute atomic E-state index is 12.2. The van der Waals surface area contributed by atoms with Gasteiger partial charge < -0.3 is 10.1 Å². The predicted molar refractivity (Wildman–Crippen MR) is 93.0 cm³/mol. The summed E-state index contributed by atoms with van der Waals surface area (Å²) in [7, 11) is 0. The van der Waals surface area contributed by atoms with E-state index < -0.39 is 12.1 Å². The Kier molecular flexibility index (Phi) is 6.39. The largest absolute Gasteiger partial charge is 0.449 e. The number of hydrogen-bond donors (Lipinski definition) is 1. The Hall–Kier alpha value is -1.62. The van der Waals surface area contributed by atoms with Crippen molar-refractivity contribution in [2.24, 2.45) is 11.8 Å². The van der Waals surface area contributed by atoms with Crippen LogP contribution in [0.5, 0.6) is 0 Å². The van der Waals surface area contributed by atoms with Crippen LogP contribution in [0.25, 0.3) is 6.08 Å². The molecule has 4 nitrogen and oxygen atoms in total. The van der Waals surface area contributed by atoms with Crippen molar-refractivity contribution in [1.29, 1.82) is 0 Å². The van der Waals surface area contributed by atoms with E-state index in [4.69, 9.17) is 4.74 Å². The van der Waals surface area contributed by atoms with E-state index in [1.165, 1.54) is 12.5 Å². The average molecular weight is 335 g/mol. The van der Waals surface area contributed by atoms with E-state index in [1.807, 2.05) is 16.8 Å². The number of carbonyl (C=O) groups excluding carboxylic acids is 2. The first-order chi connectivity index (χ1) is 11.0. The van der Waals surface area contributed by atoms with Gasteiger partial charge in [0.25, 0.3) is 5.91 Å². The molecule has 126 valence electrons. The molecule has 1 amide bonds. The molecule has 0 saturated heterocycles. The number of nitrogens with one attached hydrogen (secondary N) is 1. The summed E-state index contributed by atoms with van der Waals surface area (Å²) in [6.45, 7) is 6.01. The molecule has 1 fully saturated rings. The molecule has 4 atom stereocenters. The Bertz CT molecular complexity index is 553. The highest BCUT2D eigenvalue weighted by Crippen LogP contribution is 2.29. The van der Waals surface area contributed by atoms with E-state index in [0.29, 0.717) is 11.8 Å². The minimum Gasteiger partial charge on any atom is -0.449 e. The van der Waals surface area contributed by atoms with Crippen molar-refractivity contribution < 1.29 is 14.3 Å². The van der Waals surface area contributed by atoms with E-state index in [0.717, 1.165) is 18.4 Å². The zero-order valence-electron chi connectivity index (χ0n) is 14.0. The van der Waals surface area contributed by atoms with E-state index in [2.05, 4.69) is 19.2 Å². The van der Waals surface area contributed by atoms with Gasteiger partial charge >= 0.3 is 5.97 Å². The normalized spacial score (nSPS) is 26.0. The van der Waals surface area contributed by atoms with Crippen molar-refractivity contribution in [3.63, 3.8) is 0 Å². The second-order valence-corrected chi connectivity index (χ2v) is 7.13. The molecule has 1 saturated carbocycles. The van der Waals surface area contributed by atoms with Crippen molar-refractivity contribution in [3.05, 3.63) is 28.5 Å². The number of esters is 1. The topological polar surface area (TPSA) is 55.4 Å².